The van der Waals surface area contributed by atoms with Crippen LogP contribution in [0, 0.1) is 5.82 Å². The topological polar surface area (TPSA) is 59.2 Å². The van der Waals surface area contributed by atoms with Gasteiger partial charge in [-0.3, -0.25) is 4.79 Å². The number of benzene rings is 1. The van der Waals surface area contributed by atoms with Gasteiger partial charge < -0.3 is 9.42 Å². The van der Waals surface area contributed by atoms with Gasteiger partial charge in [0.1, 0.15) is 5.82 Å². The Labute approximate surface area is 139 Å². The lowest BCUT2D eigenvalue weighted by Crippen LogP contribution is -2.37. The second-order valence-corrected chi connectivity index (χ2v) is 6.73. The molecule has 1 aromatic heterocycles. The summed E-state index contributed by atoms with van der Waals surface area (Å²) in [5, 5.41) is 4.18. The summed E-state index contributed by atoms with van der Waals surface area (Å²) in [6.45, 7) is 1.13. The fraction of sp³-hybridized carbons (Fsp3) is 0.500. The smallest absolute Gasteiger partial charge is 0.246 e. The van der Waals surface area contributed by atoms with Gasteiger partial charge >= 0.3 is 0 Å². The predicted molar refractivity (Wildman–Crippen MR) is 84.6 cm³/mol. The van der Waals surface area contributed by atoms with Crippen molar-refractivity contribution in [3.8, 4) is 0 Å². The van der Waals surface area contributed by atoms with Crippen LogP contribution in [0.1, 0.15) is 55.8 Å². The van der Waals surface area contributed by atoms with Gasteiger partial charge in [0.05, 0.1) is 12.0 Å². The Morgan fingerprint density at radius 2 is 1.96 bits per heavy atom. The normalized spacial score (nSPS) is 20.0. The number of carbonyl (C=O) groups is 1. The molecule has 2 heterocycles. The number of carbonyl (C=O) groups excluding carboxylic acids is 1. The Balaban J connectivity index is 1.56. The summed E-state index contributed by atoms with van der Waals surface area (Å²) < 4.78 is 18.6. The number of amides is 1. The fourth-order valence-electron chi connectivity index (χ4n) is 3.65. The zero-order chi connectivity index (χ0) is 16.6. The van der Waals surface area contributed by atoms with Crippen LogP contribution in [-0.2, 0) is 16.8 Å². The van der Waals surface area contributed by atoms with Gasteiger partial charge in [-0.2, -0.15) is 4.98 Å². The predicted octanol–water partition coefficient (Wildman–Crippen LogP) is 3.19. The molecule has 0 radical (unpaired) electrons. The minimum atomic E-state index is -0.276. The molecular formula is C18H20FN3O2. The fourth-order valence-corrected chi connectivity index (χ4v) is 3.65. The van der Waals surface area contributed by atoms with E-state index in [0.29, 0.717) is 24.7 Å². The standard InChI is InChI=1S/C18H20FN3O2/c19-14-7-5-13(6-8-14)18(9-3-10-18)17-20-15(24-21-17)12-22-11-2-1-4-16(22)23/h5-8H,1-4,9-12H2. The van der Waals surface area contributed by atoms with Crippen LogP contribution in [-0.4, -0.2) is 27.5 Å². The van der Waals surface area contributed by atoms with E-state index in [1.807, 2.05) is 0 Å². The number of nitrogens with zero attached hydrogens (tertiary/aromatic N) is 3. The van der Waals surface area contributed by atoms with E-state index in [2.05, 4.69) is 10.1 Å². The average molecular weight is 329 g/mol. The number of hydrogen-bond acceptors (Lipinski definition) is 4. The highest BCUT2D eigenvalue weighted by molar-refractivity contribution is 5.76. The molecule has 1 aliphatic heterocycles. The highest BCUT2D eigenvalue weighted by Gasteiger charge is 2.44. The van der Waals surface area contributed by atoms with E-state index in [1.54, 1.807) is 17.0 Å². The minimum absolute atomic E-state index is 0.151. The second-order valence-electron chi connectivity index (χ2n) is 6.73. The van der Waals surface area contributed by atoms with Gasteiger partial charge in [-0.05, 0) is 43.4 Å². The molecular weight excluding hydrogens is 309 g/mol. The van der Waals surface area contributed by atoms with E-state index >= 15 is 0 Å². The van der Waals surface area contributed by atoms with Gasteiger partial charge in [-0.25, -0.2) is 4.39 Å². The zero-order valence-corrected chi connectivity index (χ0v) is 13.5. The first-order chi connectivity index (χ1) is 11.7. The maximum atomic E-state index is 13.2. The first kappa shape index (κ1) is 15.3. The summed E-state index contributed by atoms with van der Waals surface area (Å²) in [6.07, 6.45) is 5.53. The van der Waals surface area contributed by atoms with Crippen LogP contribution in [0.5, 0.6) is 0 Å². The number of rotatable bonds is 4. The monoisotopic (exact) mass is 329 g/mol. The lowest BCUT2D eigenvalue weighted by atomic mass is 9.64. The van der Waals surface area contributed by atoms with Gasteiger partial charge in [0.15, 0.2) is 5.82 Å². The van der Waals surface area contributed by atoms with Crippen molar-refractivity contribution < 1.29 is 13.7 Å². The summed E-state index contributed by atoms with van der Waals surface area (Å²) in [4.78, 5) is 18.3. The third-order valence-electron chi connectivity index (χ3n) is 5.25. The van der Waals surface area contributed by atoms with Gasteiger partial charge in [-0.15, -0.1) is 0 Å². The molecule has 1 aliphatic carbocycles. The van der Waals surface area contributed by atoms with Crippen LogP contribution < -0.4 is 0 Å². The van der Waals surface area contributed by atoms with Crippen molar-refractivity contribution in [3.63, 3.8) is 0 Å². The van der Waals surface area contributed by atoms with Crippen molar-refractivity contribution in [1.29, 1.82) is 0 Å². The SMILES string of the molecule is O=C1CCCCN1Cc1nc(C2(c3ccc(F)cc3)CCC2)no1. The molecule has 1 amide bonds. The van der Waals surface area contributed by atoms with Crippen LogP contribution >= 0.6 is 0 Å². The van der Waals surface area contributed by atoms with E-state index < -0.39 is 0 Å². The number of halogens is 1. The molecule has 0 unspecified atom stereocenters. The first-order valence-electron chi connectivity index (χ1n) is 8.54. The van der Waals surface area contributed by atoms with E-state index in [4.69, 9.17) is 4.52 Å². The number of likely N-dealkylation sites (tertiary alicyclic amines) is 1. The molecule has 6 heteroatoms. The van der Waals surface area contributed by atoms with Crippen LogP contribution in [0.15, 0.2) is 28.8 Å². The molecule has 0 bridgehead atoms. The maximum Gasteiger partial charge on any atom is 0.246 e. The van der Waals surface area contributed by atoms with E-state index in [9.17, 15) is 9.18 Å². The van der Waals surface area contributed by atoms with Crippen LogP contribution in [0.3, 0.4) is 0 Å². The molecule has 1 aromatic carbocycles. The van der Waals surface area contributed by atoms with E-state index in [-0.39, 0.29) is 17.1 Å². The van der Waals surface area contributed by atoms with Crippen molar-refractivity contribution in [2.24, 2.45) is 0 Å². The van der Waals surface area contributed by atoms with Crippen molar-refractivity contribution in [3.05, 3.63) is 47.4 Å². The molecule has 0 atom stereocenters. The molecule has 5 nitrogen and oxygen atoms in total. The lowest BCUT2D eigenvalue weighted by molar-refractivity contribution is -0.134. The molecule has 0 spiro atoms. The van der Waals surface area contributed by atoms with Crippen molar-refractivity contribution in [2.45, 2.75) is 50.5 Å². The number of piperidine rings is 1. The molecule has 0 N–H and O–H groups in total. The van der Waals surface area contributed by atoms with Crippen molar-refractivity contribution >= 4 is 5.91 Å². The maximum absolute atomic E-state index is 13.2. The van der Waals surface area contributed by atoms with Crippen LogP contribution in [0.4, 0.5) is 4.39 Å². The molecule has 2 aromatic rings. The minimum Gasteiger partial charge on any atom is -0.337 e. The van der Waals surface area contributed by atoms with Crippen LogP contribution in [0.25, 0.3) is 0 Å². The Morgan fingerprint density at radius 3 is 2.62 bits per heavy atom. The Bertz CT molecular complexity index is 737. The molecule has 126 valence electrons. The van der Waals surface area contributed by atoms with E-state index in [0.717, 1.165) is 44.2 Å². The molecule has 2 aliphatic rings. The Morgan fingerprint density at radius 1 is 1.17 bits per heavy atom. The largest absolute Gasteiger partial charge is 0.337 e. The molecule has 1 saturated carbocycles. The highest BCUT2D eigenvalue weighted by Crippen LogP contribution is 2.47. The number of hydrogen-bond donors (Lipinski definition) is 0. The van der Waals surface area contributed by atoms with Gasteiger partial charge in [0.25, 0.3) is 0 Å². The lowest BCUT2D eigenvalue weighted by Gasteiger charge is -2.39. The summed E-state index contributed by atoms with van der Waals surface area (Å²) >= 11 is 0. The van der Waals surface area contributed by atoms with Crippen molar-refractivity contribution in [1.82, 2.24) is 15.0 Å². The summed E-state index contributed by atoms with van der Waals surface area (Å²) in [5.74, 6) is 1.04. The van der Waals surface area contributed by atoms with E-state index in [1.165, 1.54) is 12.1 Å². The first-order valence-corrected chi connectivity index (χ1v) is 8.54. The molecule has 1 saturated heterocycles. The zero-order valence-electron chi connectivity index (χ0n) is 13.5. The van der Waals surface area contributed by atoms with Gasteiger partial charge in [0, 0.05) is 13.0 Å². The highest BCUT2D eigenvalue weighted by atomic mass is 19.1. The van der Waals surface area contributed by atoms with Crippen LogP contribution in [0.2, 0.25) is 0 Å². The quantitative estimate of drug-likeness (QED) is 0.864. The molecule has 24 heavy (non-hydrogen) atoms. The van der Waals surface area contributed by atoms with Gasteiger partial charge in [0.2, 0.25) is 11.8 Å². The third-order valence-corrected chi connectivity index (χ3v) is 5.25. The summed E-state index contributed by atoms with van der Waals surface area (Å²) in [7, 11) is 0. The third kappa shape index (κ3) is 2.60. The molecule has 2 fully saturated rings. The summed E-state index contributed by atoms with van der Waals surface area (Å²) in [5.41, 5.74) is 0.748. The average Bonchev–Trinajstić information content (AvgIpc) is 2.99. The second kappa shape index (κ2) is 6.00. The van der Waals surface area contributed by atoms with Crippen molar-refractivity contribution in [2.75, 3.05) is 6.54 Å². The van der Waals surface area contributed by atoms with Gasteiger partial charge in [-0.1, -0.05) is 23.7 Å². The Hall–Kier alpha value is -2.24. The number of aromatic nitrogens is 2. The Kier molecular flexibility index (Phi) is 3.82. The molecule has 4 rings (SSSR count). The summed E-state index contributed by atoms with van der Waals surface area (Å²) in [6, 6.07) is 6.56.